The van der Waals surface area contributed by atoms with Crippen LogP contribution in [-0.4, -0.2) is 24.2 Å². The maximum absolute atomic E-state index is 11.0. The summed E-state index contributed by atoms with van der Waals surface area (Å²) < 4.78 is 0. The fraction of sp³-hybridized carbons (Fsp3) is 0.417. The number of aliphatic hydroxyl groups is 1. The highest BCUT2D eigenvalue weighted by Gasteiger charge is 2.02. The number of hydrogen-bond donors (Lipinski definition) is 3. The van der Waals surface area contributed by atoms with Gasteiger partial charge in [0.15, 0.2) is 0 Å². The lowest BCUT2D eigenvalue weighted by molar-refractivity contribution is 0.1000. The van der Waals surface area contributed by atoms with E-state index in [4.69, 9.17) is 10.8 Å². The fourth-order valence-electron chi connectivity index (χ4n) is 1.36. The van der Waals surface area contributed by atoms with Crippen LogP contribution in [0.1, 0.15) is 22.8 Å². The standard InChI is InChI=1S/C12H18N2O2/c1-9(8-15)6-14-7-10-3-2-4-11(5-10)12(13)16/h2-5,9,14-15H,6-8H2,1H3,(H2,13,16). The summed E-state index contributed by atoms with van der Waals surface area (Å²) in [5.41, 5.74) is 6.73. The van der Waals surface area contributed by atoms with E-state index in [0.717, 1.165) is 12.1 Å². The summed E-state index contributed by atoms with van der Waals surface area (Å²) in [5, 5.41) is 12.1. The van der Waals surface area contributed by atoms with Crippen molar-refractivity contribution in [3.63, 3.8) is 0 Å². The maximum atomic E-state index is 11.0. The number of carbonyl (C=O) groups is 1. The van der Waals surface area contributed by atoms with Gasteiger partial charge in [-0.05, 0) is 23.6 Å². The van der Waals surface area contributed by atoms with E-state index >= 15 is 0 Å². The molecular weight excluding hydrogens is 204 g/mol. The quantitative estimate of drug-likeness (QED) is 0.656. The molecule has 0 fully saturated rings. The molecule has 1 aromatic rings. The van der Waals surface area contributed by atoms with Crippen LogP contribution in [-0.2, 0) is 6.54 Å². The minimum absolute atomic E-state index is 0.175. The Morgan fingerprint density at radius 1 is 1.56 bits per heavy atom. The third kappa shape index (κ3) is 4.00. The van der Waals surface area contributed by atoms with E-state index in [0.29, 0.717) is 12.1 Å². The Balaban J connectivity index is 2.48. The van der Waals surface area contributed by atoms with Crippen LogP contribution in [0.2, 0.25) is 0 Å². The number of primary amides is 1. The molecule has 1 amide bonds. The molecule has 88 valence electrons. The van der Waals surface area contributed by atoms with Gasteiger partial charge in [-0.25, -0.2) is 0 Å². The van der Waals surface area contributed by atoms with Crippen molar-refractivity contribution < 1.29 is 9.90 Å². The van der Waals surface area contributed by atoms with Crippen molar-refractivity contribution in [1.82, 2.24) is 5.32 Å². The zero-order valence-electron chi connectivity index (χ0n) is 9.44. The Labute approximate surface area is 95.5 Å². The maximum Gasteiger partial charge on any atom is 0.248 e. The van der Waals surface area contributed by atoms with Gasteiger partial charge in [-0.1, -0.05) is 19.1 Å². The lowest BCUT2D eigenvalue weighted by atomic mass is 10.1. The van der Waals surface area contributed by atoms with Crippen molar-refractivity contribution in [2.45, 2.75) is 13.5 Å². The number of rotatable bonds is 6. The molecule has 4 N–H and O–H groups in total. The molecule has 4 heteroatoms. The summed E-state index contributed by atoms with van der Waals surface area (Å²) in [6.07, 6.45) is 0. The van der Waals surface area contributed by atoms with E-state index in [1.54, 1.807) is 12.1 Å². The molecule has 1 atom stereocenters. The normalized spacial score (nSPS) is 12.4. The summed E-state index contributed by atoms with van der Waals surface area (Å²) in [6.45, 7) is 3.56. The molecule has 0 heterocycles. The minimum atomic E-state index is -0.412. The van der Waals surface area contributed by atoms with Crippen LogP contribution in [0, 0.1) is 5.92 Å². The third-order valence-electron chi connectivity index (χ3n) is 2.35. The Bertz CT molecular complexity index is 353. The second kappa shape index (κ2) is 6.25. The Morgan fingerprint density at radius 2 is 2.31 bits per heavy atom. The SMILES string of the molecule is CC(CO)CNCc1cccc(C(N)=O)c1. The van der Waals surface area contributed by atoms with Crippen molar-refractivity contribution in [2.24, 2.45) is 11.7 Å². The average molecular weight is 222 g/mol. The smallest absolute Gasteiger partial charge is 0.248 e. The van der Waals surface area contributed by atoms with Gasteiger partial charge in [-0.15, -0.1) is 0 Å². The molecule has 0 bridgehead atoms. The molecule has 4 nitrogen and oxygen atoms in total. The molecule has 0 spiro atoms. The Morgan fingerprint density at radius 3 is 2.94 bits per heavy atom. The summed E-state index contributed by atoms with van der Waals surface area (Å²) >= 11 is 0. The Kier molecular flexibility index (Phi) is 4.95. The highest BCUT2D eigenvalue weighted by atomic mass is 16.3. The van der Waals surface area contributed by atoms with Gasteiger partial charge >= 0.3 is 0 Å². The summed E-state index contributed by atoms with van der Waals surface area (Å²) in [5.74, 6) is -0.176. The van der Waals surface area contributed by atoms with E-state index < -0.39 is 5.91 Å². The number of nitrogens with one attached hydrogen (secondary N) is 1. The van der Waals surface area contributed by atoms with E-state index in [1.807, 2.05) is 19.1 Å². The molecule has 0 saturated heterocycles. The van der Waals surface area contributed by atoms with Crippen molar-refractivity contribution in [3.05, 3.63) is 35.4 Å². The van der Waals surface area contributed by atoms with Crippen molar-refractivity contribution >= 4 is 5.91 Å². The van der Waals surface area contributed by atoms with E-state index in [2.05, 4.69) is 5.32 Å². The molecule has 0 aromatic heterocycles. The highest BCUT2D eigenvalue weighted by molar-refractivity contribution is 5.92. The molecule has 0 radical (unpaired) electrons. The lowest BCUT2D eigenvalue weighted by Gasteiger charge is -2.09. The van der Waals surface area contributed by atoms with Crippen molar-refractivity contribution in [3.8, 4) is 0 Å². The third-order valence-corrected chi connectivity index (χ3v) is 2.35. The predicted octanol–water partition coefficient (Wildman–Crippen LogP) is 0.503. The second-order valence-electron chi connectivity index (χ2n) is 3.98. The molecule has 0 aliphatic heterocycles. The van der Waals surface area contributed by atoms with Gasteiger partial charge < -0.3 is 16.2 Å². The monoisotopic (exact) mass is 222 g/mol. The van der Waals surface area contributed by atoms with Crippen LogP contribution in [0.4, 0.5) is 0 Å². The summed E-state index contributed by atoms with van der Waals surface area (Å²) in [6, 6.07) is 7.22. The molecule has 1 aromatic carbocycles. The van der Waals surface area contributed by atoms with Gasteiger partial charge in [0.25, 0.3) is 0 Å². The molecule has 0 aliphatic carbocycles. The number of benzene rings is 1. The van der Waals surface area contributed by atoms with Crippen LogP contribution in [0.3, 0.4) is 0 Å². The van der Waals surface area contributed by atoms with Gasteiger partial charge in [0.05, 0.1) is 0 Å². The van der Waals surface area contributed by atoms with Crippen LogP contribution in [0.25, 0.3) is 0 Å². The van der Waals surface area contributed by atoms with Crippen molar-refractivity contribution in [1.29, 1.82) is 0 Å². The molecule has 0 saturated carbocycles. The van der Waals surface area contributed by atoms with Gasteiger partial charge in [-0.2, -0.15) is 0 Å². The highest BCUT2D eigenvalue weighted by Crippen LogP contribution is 2.04. The Hall–Kier alpha value is -1.39. The fourth-order valence-corrected chi connectivity index (χ4v) is 1.36. The molecule has 0 aliphatic rings. The summed E-state index contributed by atoms with van der Waals surface area (Å²) in [4.78, 5) is 11.0. The van der Waals surface area contributed by atoms with E-state index in [1.165, 1.54) is 0 Å². The largest absolute Gasteiger partial charge is 0.396 e. The zero-order valence-corrected chi connectivity index (χ0v) is 9.44. The van der Waals surface area contributed by atoms with Crippen LogP contribution in [0.5, 0.6) is 0 Å². The van der Waals surface area contributed by atoms with E-state index in [9.17, 15) is 4.79 Å². The van der Waals surface area contributed by atoms with Gasteiger partial charge in [0.2, 0.25) is 5.91 Å². The first-order chi connectivity index (χ1) is 7.63. The first-order valence-electron chi connectivity index (χ1n) is 5.33. The second-order valence-corrected chi connectivity index (χ2v) is 3.98. The topological polar surface area (TPSA) is 75.3 Å². The first kappa shape index (κ1) is 12.7. The lowest BCUT2D eigenvalue weighted by Crippen LogP contribution is -2.23. The van der Waals surface area contributed by atoms with Crippen LogP contribution < -0.4 is 11.1 Å². The molecule has 1 rings (SSSR count). The first-order valence-corrected chi connectivity index (χ1v) is 5.33. The summed E-state index contributed by atoms with van der Waals surface area (Å²) in [7, 11) is 0. The number of nitrogens with two attached hydrogens (primary N) is 1. The number of hydrogen-bond acceptors (Lipinski definition) is 3. The zero-order chi connectivity index (χ0) is 12.0. The molecular formula is C12H18N2O2. The van der Waals surface area contributed by atoms with Crippen LogP contribution >= 0.6 is 0 Å². The number of aliphatic hydroxyl groups excluding tert-OH is 1. The molecule has 16 heavy (non-hydrogen) atoms. The van der Waals surface area contributed by atoms with Gasteiger partial charge in [0, 0.05) is 25.3 Å². The van der Waals surface area contributed by atoms with Gasteiger partial charge in [0.1, 0.15) is 0 Å². The predicted molar refractivity (Wildman–Crippen MR) is 62.9 cm³/mol. The van der Waals surface area contributed by atoms with Crippen LogP contribution in [0.15, 0.2) is 24.3 Å². The average Bonchev–Trinajstić information content (AvgIpc) is 2.29. The van der Waals surface area contributed by atoms with E-state index in [-0.39, 0.29) is 12.5 Å². The van der Waals surface area contributed by atoms with Crippen molar-refractivity contribution in [2.75, 3.05) is 13.2 Å². The number of amides is 1. The molecule has 1 unspecified atom stereocenters. The van der Waals surface area contributed by atoms with Gasteiger partial charge in [-0.3, -0.25) is 4.79 Å². The minimum Gasteiger partial charge on any atom is -0.396 e. The number of carbonyl (C=O) groups excluding carboxylic acids is 1.